The smallest absolute Gasteiger partial charge is 0.320 e. The van der Waals surface area contributed by atoms with E-state index >= 15 is 0 Å². The second-order valence-corrected chi connectivity index (χ2v) is 7.28. The van der Waals surface area contributed by atoms with Crippen molar-refractivity contribution in [1.82, 2.24) is 14.8 Å². The van der Waals surface area contributed by atoms with Gasteiger partial charge in [0.1, 0.15) is 5.69 Å². The molecule has 6 heteroatoms. The molecule has 1 aromatic heterocycles. The van der Waals surface area contributed by atoms with Crippen LogP contribution in [0.15, 0.2) is 48.7 Å². The predicted molar refractivity (Wildman–Crippen MR) is 118 cm³/mol. The lowest BCUT2D eigenvalue weighted by molar-refractivity contribution is -0.121. The standard InChI is InChI=1S/C24H28N4O2/c1-3-27(4-2)24(30)28-16-8-10-20(18-28)23(29)26-22-12-7-9-19(17-22)13-14-21-11-5-6-15-25-21/h5-7,9,11-12,15,17,20H,3-4,8,10,16,18H2,1-2H3,(H,26,29). The number of hydrogen-bond donors (Lipinski definition) is 1. The van der Waals surface area contributed by atoms with Crippen LogP contribution < -0.4 is 5.32 Å². The molecule has 1 saturated heterocycles. The van der Waals surface area contributed by atoms with E-state index in [1.807, 2.05) is 56.3 Å². The molecular formula is C24H28N4O2. The molecule has 0 radical (unpaired) electrons. The molecule has 0 saturated carbocycles. The number of carbonyl (C=O) groups is 2. The van der Waals surface area contributed by atoms with E-state index in [2.05, 4.69) is 22.1 Å². The fourth-order valence-electron chi connectivity index (χ4n) is 3.55. The van der Waals surface area contributed by atoms with Crippen molar-refractivity contribution >= 4 is 17.6 Å². The van der Waals surface area contributed by atoms with Gasteiger partial charge in [-0.05, 0) is 62.9 Å². The topological polar surface area (TPSA) is 65.5 Å². The van der Waals surface area contributed by atoms with Crippen molar-refractivity contribution in [3.63, 3.8) is 0 Å². The van der Waals surface area contributed by atoms with Crippen molar-refractivity contribution in [3.8, 4) is 11.8 Å². The van der Waals surface area contributed by atoms with Gasteiger partial charge in [-0.2, -0.15) is 0 Å². The third kappa shape index (κ3) is 5.60. The molecule has 2 aromatic rings. The first kappa shape index (κ1) is 21.4. The minimum Gasteiger partial charge on any atom is -0.326 e. The average molecular weight is 405 g/mol. The van der Waals surface area contributed by atoms with Gasteiger partial charge in [-0.15, -0.1) is 0 Å². The van der Waals surface area contributed by atoms with Gasteiger partial charge in [0.15, 0.2) is 0 Å². The second kappa shape index (κ2) is 10.4. The number of rotatable bonds is 4. The zero-order chi connectivity index (χ0) is 21.3. The van der Waals surface area contributed by atoms with E-state index in [1.165, 1.54) is 0 Å². The summed E-state index contributed by atoms with van der Waals surface area (Å²) in [6.07, 6.45) is 3.33. The van der Waals surface area contributed by atoms with Gasteiger partial charge in [0.2, 0.25) is 5.91 Å². The number of amides is 3. The van der Waals surface area contributed by atoms with Crippen LogP contribution in [0, 0.1) is 17.8 Å². The third-order valence-electron chi connectivity index (χ3n) is 5.23. The number of carbonyl (C=O) groups excluding carboxylic acids is 2. The molecule has 1 fully saturated rings. The summed E-state index contributed by atoms with van der Waals surface area (Å²) in [6, 6.07) is 13.1. The first-order chi connectivity index (χ1) is 14.6. The van der Waals surface area contributed by atoms with Crippen LogP contribution in [0.5, 0.6) is 0 Å². The molecule has 0 spiro atoms. The number of benzene rings is 1. The molecule has 1 aliphatic heterocycles. The van der Waals surface area contributed by atoms with Crippen molar-refractivity contribution in [2.45, 2.75) is 26.7 Å². The van der Waals surface area contributed by atoms with Crippen molar-refractivity contribution in [3.05, 3.63) is 59.9 Å². The number of nitrogens with one attached hydrogen (secondary N) is 1. The monoisotopic (exact) mass is 404 g/mol. The summed E-state index contributed by atoms with van der Waals surface area (Å²) in [4.78, 5) is 33.2. The lowest BCUT2D eigenvalue weighted by Gasteiger charge is -2.35. The summed E-state index contributed by atoms with van der Waals surface area (Å²) in [6.45, 7) is 6.46. The third-order valence-corrected chi connectivity index (χ3v) is 5.23. The Kier molecular flexibility index (Phi) is 7.45. The van der Waals surface area contributed by atoms with E-state index in [0.29, 0.717) is 37.6 Å². The maximum absolute atomic E-state index is 12.8. The molecule has 1 aliphatic rings. The molecule has 2 heterocycles. The average Bonchev–Trinajstić information content (AvgIpc) is 2.79. The first-order valence-electron chi connectivity index (χ1n) is 10.5. The largest absolute Gasteiger partial charge is 0.326 e. The molecule has 0 bridgehead atoms. The van der Waals surface area contributed by atoms with Crippen molar-refractivity contribution < 1.29 is 9.59 Å². The van der Waals surface area contributed by atoms with Gasteiger partial charge in [0, 0.05) is 43.6 Å². The van der Waals surface area contributed by atoms with Gasteiger partial charge in [-0.25, -0.2) is 9.78 Å². The molecule has 1 aromatic carbocycles. The van der Waals surface area contributed by atoms with E-state index in [-0.39, 0.29) is 17.9 Å². The van der Waals surface area contributed by atoms with E-state index in [4.69, 9.17) is 0 Å². The van der Waals surface area contributed by atoms with Crippen molar-refractivity contribution in [2.24, 2.45) is 5.92 Å². The SMILES string of the molecule is CCN(CC)C(=O)N1CCCC(C(=O)Nc2cccc(C#Cc3ccccn3)c2)C1. The Bertz CT molecular complexity index is 929. The minimum atomic E-state index is -0.207. The summed E-state index contributed by atoms with van der Waals surface area (Å²) < 4.78 is 0. The van der Waals surface area contributed by atoms with Crippen LogP contribution in [0.25, 0.3) is 0 Å². The number of aromatic nitrogens is 1. The number of pyridine rings is 1. The molecule has 6 nitrogen and oxygen atoms in total. The van der Waals surface area contributed by atoms with Crippen molar-refractivity contribution in [2.75, 3.05) is 31.5 Å². The summed E-state index contributed by atoms with van der Waals surface area (Å²) in [5.41, 5.74) is 2.22. The van der Waals surface area contributed by atoms with Crippen LogP contribution >= 0.6 is 0 Å². The number of nitrogens with zero attached hydrogens (tertiary/aromatic N) is 3. The normalized spacial score (nSPS) is 15.7. The van der Waals surface area contributed by atoms with Gasteiger partial charge < -0.3 is 15.1 Å². The van der Waals surface area contributed by atoms with E-state index in [0.717, 1.165) is 18.4 Å². The van der Waals surface area contributed by atoms with Gasteiger partial charge in [-0.3, -0.25) is 4.79 Å². The van der Waals surface area contributed by atoms with Gasteiger partial charge in [-0.1, -0.05) is 18.1 Å². The Labute approximate surface area is 178 Å². The Hall–Kier alpha value is -3.33. The molecule has 1 N–H and O–H groups in total. The molecule has 3 rings (SSSR count). The molecule has 1 atom stereocenters. The highest BCUT2D eigenvalue weighted by Crippen LogP contribution is 2.20. The van der Waals surface area contributed by atoms with E-state index < -0.39 is 0 Å². The summed E-state index contributed by atoms with van der Waals surface area (Å²) in [5, 5.41) is 2.99. The lowest BCUT2D eigenvalue weighted by atomic mass is 9.97. The van der Waals surface area contributed by atoms with Gasteiger partial charge in [0.05, 0.1) is 5.92 Å². The Morgan fingerprint density at radius 3 is 2.73 bits per heavy atom. The molecule has 3 amide bonds. The second-order valence-electron chi connectivity index (χ2n) is 7.28. The number of anilines is 1. The Morgan fingerprint density at radius 2 is 2.00 bits per heavy atom. The number of hydrogen-bond acceptors (Lipinski definition) is 3. The molecule has 0 aliphatic carbocycles. The summed E-state index contributed by atoms with van der Waals surface area (Å²) >= 11 is 0. The van der Waals surface area contributed by atoms with Gasteiger partial charge >= 0.3 is 6.03 Å². The Morgan fingerprint density at radius 1 is 1.17 bits per heavy atom. The highest BCUT2D eigenvalue weighted by Gasteiger charge is 2.30. The number of piperidine rings is 1. The van der Waals surface area contributed by atoms with Crippen LogP contribution in [0.1, 0.15) is 37.9 Å². The molecule has 1 unspecified atom stereocenters. The Balaban J connectivity index is 1.63. The van der Waals surface area contributed by atoms with Crippen LogP contribution in [0.2, 0.25) is 0 Å². The zero-order valence-electron chi connectivity index (χ0n) is 17.6. The van der Waals surface area contributed by atoms with Crippen molar-refractivity contribution in [1.29, 1.82) is 0 Å². The maximum Gasteiger partial charge on any atom is 0.320 e. The van der Waals surface area contributed by atoms with E-state index in [1.54, 1.807) is 16.0 Å². The first-order valence-corrected chi connectivity index (χ1v) is 10.5. The van der Waals surface area contributed by atoms with Gasteiger partial charge in [0.25, 0.3) is 0 Å². The maximum atomic E-state index is 12.8. The summed E-state index contributed by atoms with van der Waals surface area (Å²) in [5.74, 6) is 5.84. The molecule has 30 heavy (non-hydrogen) atoms. The highest BCUT2D eigenvalue weighted by atomic mass is 16.2. The van der Waals surface area contributed by atoms with Crippen LogP contribution in [-0.2, 0) is 4.79 Å². The van der Waals surface area contributed by atoms with Crippen LogP contribution in [0.3, 0.4) is 0 Å². The minimum absolute atomic E-state index is 0.0179. The fraction of sp³-hybridized carbons (Fsp3) is 0.375. The number of urea groups is 1. The number of likely N-dealkylation sites (tertiary alicyclic amines) is 1. The molecule has 156 valence electrons. The zero-order valence-corrected chi connectivity index (χ0v) is 17.6. The quantitative estimate of drug-likeness (QED) is 0.792. The summed E-state index contributed by atoms with van der Waals surface area (Å²) in [7, 11) is 0. The highest BCUT2D eigenvalue weighted by molar-refractivity contribution is 5.93. The van der Waals surface area contributed by atoms with E-state index in [9.17, 15) is 9.59 Å². The van der Waals surface area contributed by atoms with Crippen LogP contribution in [-0.4, -0.2) is 52.9 Å². The lowest BCUT2D eigenvalue weighted by Crippen LogP contribution is -2.49. The molecular weight excluding hydrogens is 376 g/mol. The van der Waals surface area contributed by atoms with Crippen LogP contribution in [0.4, 0.5) is 10.5 Å². The fourth-order valence-corrected chi connectivity index (χ4v) is 3.55. The predicted octanol–water partition coefficient (Wildman–Crippen LogP) is 3.59.